The van der Waals surface area contributed by atoms with Crippen LogP contribution in [0.3, 0.4) is 0 Å². The molecule has 1 atom stereocenters. The molecule has 0 fully saturated rings. The number of hydrogen-bond donors (Lipinski definition) is 1. The number of amides is 1. The molecule has 0 radical (unpaired) electrons. The lowest BCUT2D eigenvalue weighted by Gasteiger charge is -2.21. The van der Waals surface area contributed by atoms with Crippen molar-refractivity contribution in [2.24, 2.45) is 5.92 Å². The van der Waals surface area contributed by atoms with Gasteiger partial charge < -0.3 is 19.4 Å². The topological polar surface area (TPSA) is 84.5 Å². The average Bonchev–Trinajstić information content (AvgIpc) is 3.04. The Kier molecular flexibility index (Phi) is 7.50. The first kappa shape index (κ1) is 21.3. The molecule has 0 spiro atoms. The van der Waals surface area contributed by atoms with Gasteiger partial charge in [-0.05, 0) is 30.7 Å². The highest BCUT2D eigenvalue weighted by Crippen LogP contribution is 2.36. The van der Waals surface area contributed by atoms with E-state index < -0.39 is 0 Å². The molecule has 154 valence electrons. The standard InChI is InChI=1S/C19H27N3O4S2/c1-12-4-5-13-14(10-12)28-18-16(13)17(24)20-19(21-18)27-11-15(23)22(6-8-25-2)7-9-26-3/h12H,4-11H2,1-3H3,(H,20,21,24)/t12-/m0/s1. The number of aromatic nitrogens is 2. The van der Waals surface area contributed by atoms with Gasteiger partial charge in [0.05, 0.1) is 24.4 Å². The van der Waals surface area contributed by atoms with E-state index in [0.717, 1.165) is 29.5 Å². The normalized spacial score (nSPS) is 16.3. The maximum Gasteiger partial charge on any atom is 0.260 e. The van der Waals surface area contributed by atoms with E-state index in [4.69, 9.17) is 9.47 Å². The van der Waals surface area contributed by atoms with Crippen LogP contribution in [-0.2, 0) is 27.1 Å². The largest absolute Gasteiger partial charge is 0.383 e. The van der Waals surface area contributed by atoms with Crippen molar-refractivity contribution in [3.63, 3.8) is 0 Å². The van der Waals surface area contributed by atoms with Gasteiger partial charge in [0.1, 0.15) is 4.83 Å². The molecule has 1 aliphatic carbocycles. The quantitative estimate of drug-likeness (QED) is 0.490. The predicted octanol–water partition coefficient (Wildman–Crippen LogP) is 2.32. The molecule has 28 heavy (non-hydrogen) atoms. The number of carbonyl (C=O) groups is 1. The van der Waals surface area contributed by atoms with Crippen molar-refractivity contribution in [1.29, 1.82) is 0 Å². The highest BCUT2D eigenvalue weighted by atomic mass is 32.2. The maximum absolute atomic E-state index is 12.6. The summed E-state index contributed by atoms with van der Waals surface area (Å²) < 4.78 is 10.2. The van der Waals surface area contributed by atoms with Gasteiger partial charge >= 0.3 is 0 Å². The molecule has 0 saturated carbocycles. The number of nitrogens with one attached hydrogen (secondary N) is 1. The predicted molar refractivity (Wildman–Crippen MR) is 112 cm³/mol. The summed E-state index contributed by atoms with van der Waals surface area (Å²) in [4.78, 5) is 36.5. The zero-order valence-electron chi connectivity index (χ0n) is 16.6. The Morgan fingerprint density at radius 2 is 2.04 bits per heavy atom. The number of methoxy groups -OCH3 is 2. The van der Waals surface area contributed by atoms with Gasteiger partial charge in [0.2, 0.25) is 5.91 Å². The smallest absolute Gasteiger partial charge is 0.260 e. The van der Waals surface area contributed by atoms with Crippen LogP contribution in [0, 0.1) is 5.92 Å². The second-order valence-corrected chi connectivity index (χ2v) is 9.11. The Labute approximate surface area is 172 Å². The first-order chi connectivity index (χ1) is 13.5. The minimum Gasteiger partial charge on any atom is -0.383 e. The minimum atomic E-state index is -0.0948. The molecule has 0 unspecified atom stereocenters. The van der Waals surface area contributed by atoms with Crippen LogP contribution in [0.25, 0.3) is 10.2 Å². The van der Waals surface area contributed by atoms with E-state index in [1.54, 1.807) is 30.5 Å². The molecule has 9 heteroatoms. The average molecular weight is 426 g/mol. The summed E-state index contributed by atoms with van der Waals surface area (Å²) in [6.45, 7) is 4.22. The van der Waals surface area contributed by atoms with Gasteiger partial charge in [-0.2, -0.15) is 0 Å². The summed E-state index contributed by atoms with van der Waals surface area (Å²) in [5, 5.41) is 1.24. The van der Waals surface area contributed by atoms with Crippen molar-refractivity contribution in [2.75, 3.05) is 46.3 Å². The summed E-state index contributed by atoms with van der Waals surface area (Å²) in [5.74, 6) is 0.835. The summed E-state index contributed by atoms with van der Waals surface area (Å²) >= 11 is 2.89. The number of carbonyl (C=O) groups excluding carboxylic acids is 1. The molecule has 0 aliphatic heterocycles. The monoisotopic (exact) mass is 425 g/mol. The fraction of sp³-hybridized carbons (Fsp3) is 0.632. The lowest BCUT2D eigenvalue weighted by Crippen LogP contribution is -2.37. The molecule has 0 aromatic carbocycles. The number of nitrogens with zero attached hydrogens (tertiary/aromatic N) is 2. The van der Waals surface area contributed by atoms with E-state index in [0.29, 0.717) is 37.4 Å². The molecule has 2 aromatic rings. The fourth-order valence-electron chi connectivity index (χ4n) is 3.38. The van der Waals surface area contributed by atoms with E-state index >= 15 is 0 Å². The van der Waals surface area contributed by atoms with Crippen LogP contribution in [0.1, 0.15) is 23.8 Å². The van der Waals surface area contributed by atoms with Crippen molar-refractivity contribution < 1.29 is 14.3 Å². The van der Waals surface area contributed by atoms with Crippen LogP contribution in [0.4, 0.5) is 0 Å². The number of thioether (sulfide) groups is 1. The van der Waals surface area contributed by atoms with Crippen LogP contribution >= 0.6 is 23.1 Å². The van der Waals surface area contributed by atoms with E-state index in [9.17, 15) is 9.59 Å². The number of aromatic amines is 1. The summed E-state index contributed by atoms with van der Waals surface area (Å²) in [6, 6.07) is 0. The molecule has 2 heterocycles. The highest BCUT2D eigenvalue weighted by molar-refractivity contribution is 7.99. The summed E-state index contributed by atoms with van der Waals surface area (Å²) in [6.07, 6.45) is 3.08. The number of aryl methyl sites for hydroxylation is 1. The number of rotatable bonds is 9. The van der Waals surface area contributed by atoms with E-state index in [1.807, 2.05) is 0 Å². The van der Waals surface area contributed by atoms with Gasteiger partial charge in [0, 0.05) is 32.2 Å². The second kappa shape index (κ2) is 9.87. The maximum atomic E-state index is 12.6. The van der Waals surface area contributed by atoms with E-state index in [2.05, 4.69) is 16.9 Å². The Hall–Kier alpha value is -1.42. The van der Waals surface area contributed by atoms with Gasteiger partial charge in [-0.25, -0.2) is 4.98 Å². The van der Waals surface area contributed by atoms with Crippen LogP contribution in [0.2, 0.25) is 0 Å². The van der Waals surface area contributed by atoms with E-state index in [-0.39, 0.29) is 17.2 Å². The number of ether oxygens (including phenoxy) is 2. The first-order valence-corrected chi connectivity index (χ1v) is 11.3. The van der Waals surface area contributed by atoms with Crippen LogP contribution < -0.4 is 5.56 Å². The van der Waals surface area contributed by atoms with Crippen molar-refractivity contribution in [1.82, 2.24) is 14.9 Å². The SMILES string of the molecule is COCCN(CCOC)C(=O)CSc1nc2sc3c(c2c(=O)[nH]1)CC[C@H](C)C3. The molecule has 3 rings (SSSR count). The van der Waals surface area contributed by atoms with E-state index in [1.165, 1.54) is 22.2 Å². The molecular formula is C19H27N3O4S2. The Morgan fingerprint density at radius 1 is 1.32 bits per heavy atom. The van der Waals surface area contributed by atoms with Crippen molar-refractivity contribution >= 4 is 39.2 Å². The molecular weight excluding hydrogens is 398 g/mol. The zero-order valence-corrected chi connectivity index (χ0v) is 18.2. The molecule has 7 nitrogen and oxygen atoms in total. The Morgan fingerprint density at radius 3 is 2.71 bits per heavy atom. The molecule has 2 aromatic heterocycles. The van der Waals surface area contributed by atoms with Gasteiger partial charge in [0.15, 0.2) is 5.16 Å². The van der Waals surface area contributed by atoms with Crippen molar-refractivity contribution in [2.45, 2.75) is 31.3 Å². The summed E-state index contributed by atoms with van der Waals surface area (Å²) in [5.41, 5.74) is 1.08. The molecule has 1 amide bonds. The third-order valence-corrected chi connectivity index (χ3v) is 6.97. The zero-order chi connectivity index (χ0) is 20.1. The molecule has 0 bridgehead atoms. The van der Waals surface area contributed by atoms with Crippen LogP contribution in [-0.4, -0.2) is 67.1 Å². The van der Waals surface area contributed by atoms with Gasteiger partial charge in [-0.3, -0.25) is 9.59 Å². The van der Waals surface area contributed by atoms with Gasteiger partial charge in [-0.15, -0.1) is 11.3 Å². The third kappa shape index (κ3) is 4.94. The molecule has 0 saturated heterocycles. The lowest BCUT2D eigenvalue weighted by atomic mass is 9.89. The number of thiophene rings is 1. The Bertz CT molecular complexity index is 872. The molecule has 1 aliphatic rings. The first-order valence-electron chi connectivity index (χ1n) is 9.46. The number of fused-ring (bicyclic) bond motifs is 3. The number of H-pyrrole nitrogens is 1. The summed E-state index contributed by atoms with van der Waals surface area (Å²) in [7, 11) is 3.22. The Balaban J connectivity index is 1.72. The van der Waals surface area contributed by atoms with Crippen LogP contribution in [0.5, 0.6) is 0 Å². The van der Waals surface area contributed by atoms with Gasteiger partial charge in [-0.1, -0.05) is 18.7 Å². The fourth-order valence-corrected chi connectivity index (χ4v) is 5.59. The van der Waals surface area contributed by atoms with Gasteiger partial charge in [0.25, 0.3) is 5.56 Å². The third-order valence-electron chi connectivity index (χ3n) is 4.96. The lowest BCUT2D eigenvalue weighted by molar-refractivity contribution is -0.129. The molecule has 1 N–H and O–H groups in total. The second-order valence-electron chi connectivity index (χ2n) is 7.06. The van der Waals surface area contributed by atoms with Crippen molar-refractivity contribution in [3.8, 4) is 0 Å². The minimum absolute atomic E-state index is 0.0267. The van der Waals surface area contributed by atoms with Crippen LogP contribution in [0.15, 0.2) is 9.95 Å². The van der Waals surface area contributed by atoms with Crippen molar-refractivity contribution in [3.05, 3.63) is 20.8 Å². The highest BCUT2D eigenvalue weighted by Gasteiger charge is 2.23. The number of hydrogen-bond acceptors (Lipinski definition) is 7.